The topological polar surface area (TPSA) is 114 Å². The molecule has 0 unspecified atom stereocenters. The number of benzene rings is 2. The number of aromatic nitrogens is 2. The zero-order valence-corrected chi connectivity index (χ0v) is 14.0. The number of fused-ring (bicyclic) bond motifs is 1. The molecule has 0 radical (unpaired) electrons. The smallest absolute Gasteiger partial charge is 0.311 e. The Labute approximate surface area is 148 Å². The summed E-state index contributed by atoms with van der Waals surface area (Å²) in [5.74, 6) is 0.789. The van der Waals surface area contributed by atoms with E-state index in [9.17, 15) is 15.4 Å². The van der Waals surface area contributed by atoms with Crippen LogP contribution in [0.4, 0.5) is 5.69 Å². The van der Waals surface area contributed by atoms with Gasteiger partial charge in [0.2, 0.25) is 5.75 Å². The van der Waals surface area contributed by atoms with Gasteiger partial charge in [0.25, 0.3) is 0 Å². The fraction of sp³-hybridized carbons (Fsp3) is 0.111. The first-order valence-corrected chi connectivity index (χ1v) is 7.54. The second-order valence-electron chi connectivity index (χ2n) is 5.30. The number of nitrogens with one attached hydrogen (secondary N) is 1. The molecule has 8 heteroatoms. The number of rotatable bonds is 5. The molecular weight excluding hydrogens is 336 g/mol. The van der Waals surface area contributed by atoms with Crippen LogP contribution in [0.2, 0.25) is 0 Å². The Balaban J connectivity index is 2.15. The molecule has 26 heavy (non-hydrogen) atoms. The largest absolute Gasteiger partial charge is 0.496 e. The van der Waals surface area contributed by atoms with E-state index >= 15 is 0 Å². The molecule has 0 bridgehead atoms. The zero-order chi connectivity index (χ0) is 18.7. The summed E-state index contributed by atoms with van der Waals surface area (Å²) in [6.07, 6.45) is 1.49. The van der Waals surface area contributed by atoms with Gasteiger partial charge in [0.05, 0.1) is 35.7 Å². The van der Waals surface area contributed by atoms with Gasteiger partial charge in [0, 0.05) is 17.7 Å². The molecule has 0 saturated carbocycles. The van der Waals surface area contributed by atoms with Crippen molar-refractivity contribution in [2.45, 2.75) is 0 Å². The van der Waals surface area contributed by atoms with Crippen LogP contribution >= 0.6 is 0 Å². The Morgan fingerprint density at radius 3 is 2.62 bits per heavy atom. The predicted octanol–water partition coefficient (Wildman–Crippen LogP) is 3.55. The first kappa shape index (κ1) is 17.0. The van der Waals surface area contributed by atoms with E-state index in [1.807, 2.05) is 24.3 Å². The van der Waals surface area contributed by atoms with E-state index in [1.165, 1.54) is 32.4 Å². The predicted molar refractivity (Wildman–Crippen MR) is 95.8 cm³/mol. The lowest BCUT2D eigenvalue weighted by Crippen LogP contribution is -1.97. The van der Waals surface area contributed by atoms with Crippen molar-refractivity contribution in [1.29, 1.82) is 5.26 Å². The molecule has 0 saturated heterocycles. The molecule has 0 atom stereocenters. The van der Waals surface area contributed by atoms with Gasteiger partial charge in [0.1, 0.15) is 17.6 Å². The maximum absolute atomic E-state index is 11.3. The van der Waals surface area contributed by atoms with Crippen LogP contribution in [0.5, 0.6) is 11.5 Å². The van der Waals surface area contributed by atoms with Gasteiger partial charge in [-0.2, -0.15) is 5.26 Å². The van der Waals surface area contributed by atoms with Gasteiger partial charge in [0.15, 0.2) is 0 Å². The van der Waals surface area contributed by atoms with Crippen molar-refractivity contribution in [3.05, 3.63) is 57.9 Å². The number of imidazole rings is 1. The molecule has 0 aliphatic carbocycles. The second kappa shape index (κ2) is 6.94. The standard InChI is InChI=1S/C18H14N4O4/c1-25-16-9-17(26-2)15(22(23)24)8-11(16)7-12(10-19)18-20-13-5-3-4-6-14(13)21-18/h3-9H,1-2H3,(H,20,21). The molecule has 0 amide bonds. The molecule has 130 valence electrons. The molecule has 8 nitrogen and oxygen atoms in total. The number of nitrogens with zero attached hydrogens (tertiary/aromatic N) is 3. The molecular formula is C18H14N4O4. The highest BCUT2D eigenvalue weighted by atomic mass is 16.6. The first-order valence-electron chi connectivity index (χ1n) is 7.54. The van der Waals surface area contributed by atoms with Crippen molar-refractivity contribution < 1.29 is 14.4 Å². The van der Waals surface area contributed by atoms with Gasteiger partial charge in [-0.15, -0.1) is 0 Å². The number of methoxy groups -OCH3 is 2. The minimum absolute atomic E-state index is 0.0752. The Morgan fingerprint density at radius 2 is 2.00 bits per heavy atom. The Morgan fingerprint density at radius 1 is 1.27 bits per heavy atom. The lowest BCUT2D eigenvalue weighted by Gasteiger charge is -2.08. The van der Waals surface area contributed by atoms with E-state index in [-0.39, 0.29) is 17.0 Å². The van der Waals surface area contributed by atoms with Crippen LogP contribution in [0.1, 0.15) is 11.4 Å². The molecule has 0 fully saturated rings. The third-order valence-corrected chi connectivity index (χ3v) is 3.79. The SMILES string of the molecule is COc1cc(OC)c([N+](=O)[O-])cc1C=C(C#N)c1nc2ccccc2[nH]1. The lowest BCUT2D eigenvalue weighted by atomic mass is 10.1. The number of nitriles is 1. The molecule has 0 aliphatic heterocycles. The summed E-state index contributed by atoms with van der Waals surface area (Å²) in [6, 6.07) is 12.2. The number of aromatic amines is 1. The minimum atomic E-state index is -0.553. The molecule has 0 aliphatic rings. The van der Waals surface area contributed by atoms with Crippen LogP contribution < -0.4 is 9.47 Å². The summed E-state index contributed by atoms with van der Waals surface area (Å²) < 4.78 is 10.3. The zero-order valence-electron chi connectivity index (χ0n) is 14.0. The fourth-order valence-electron chi connectivity index (χ4n) is 2.55. The molecule has 3 aromatic rings. The van der Waals surface area contributed by atoms with Crippen LogP contribution in [0.25, 0.3) is 22.7 Å². The van der Waals surface area contributed by atoms with Gasteiger partial charge in [-0.1, -0.05) is 12.1 Å². The molecule has 1 aromatic heterocycles. The molecule has 3 rings (SSSR count). The second-order valence-corrected chi connectivity index (χ2v) is 5.30. The monoisotopic (exact) mass is 350 g/mol. The number of hydrogen-bond donors (Lipinski definition) is 1. The summed E-state index contributed by atoms with van der Waals surface area (Å²) in [4.78, 5) is 18.1. The van der Waals surface area contributed by atoms with Crippen molar-refractivity contribution in [2.24, 2.45) is 0 Å². The number of nitro benzene ring substituents is 1. The highest BCUT2D eigenvalue weighted by Crippen LogP contribution is 2.36. The lowest BCUT2D eigenvalue weighted by molar-refractivity contribution is -0.385. The van der Waals surface area contributed by atoms with E-state index in [1.54, 1.807) is 0 Å². The Hall–Kier alpha value is -3.86. The third-order valence-electron chi connectivity index (χ3n) is 3.79. The van der Waals surface area contributed by atoms with Crippen molar-refractivity contribution >= 4 is 28.4 Å². The summed E-state index contributed by atoms with van der Waals surface area (Å²) in [6.45, 7) is 0. The van der Waals surface area contributed by atoms with Crippen molar-refractivity contribution in [1.82, 2.24) is 9.97 Å². The summed E-state index contributed by atoms with van der Waals surface area (Å²) >= 11 is 0. The molecule has 1 N–H and O–H groups in total. The molecule has 2 aromatic carbocycles. The number of hydrogen-bond acceptors (Lipinski definition) is 6. The van der Waals surface area contributed by atoms with Gasteiger partial charge < -0.3 is 14.5 Å². The number of allylic oxidation sites excluding steroid dienone is 1. The van der Waals surface area contributed by atoms with Crippen LogP contribution in [0.3, 0.4) is 0 Å². The Kier molecular flexibility index (Phi) is 4.53. The first-order chi connectivity index (χ1) is 12.6. The number of ether oxygens (including phenoxy) is 2. The normalized spacial score (nSPS) is 11.2. The highest BCUT2D eigenvalue weighted by Gasteiger charge is 2.19. The van der Waals surface area contributed by atoms with Gasteiger partial charge >= 0.3 is 5.69 Å². The third kappa shape index (κ3) is 3.06. The van der Waals surface area contributed by atoms with Crippen molar-refractivity contribution in [3.63, 3.8) is 0 Å². The average Bonchev–Trinajstić information content (AvgIpc) is 3.09. The van der Waals surface area contributed by atoms with E-state index in [0.717, 1.165) is 11.0 Å². The van der Waals surface area contributed by atoms with Gasteiger partial charge in [-0.3, -0.25) is 10.1 Å². The number of nitro groups is 1. The van der Waals surface area contributed by atoms with Crippen LogP contribution in [0.15, 0.2) is 36.4 Å². The summed E-state index contributed by atoms with van der Waals surface area (Å²) in [5, 5.41) is 20.8. The number of para-hydroxylation sites is 2. The van der Waals surface area contributed by atoms with Crippen LogP contribution in [0, 0.1) is 21.4 Å². The summed E-state index contributed by atoms with van der Waals surface area (Å²) in [7, 11) is 2.78. The fourth-order valence-corrected chi connectivity index (χ4v) is 2.55. The van der Waals surface area contributed by atoms with E-state index in [4.69, 9.17) is 9.47 Å². The van der Waals surface area contributed by atoms with Gasteiger partial charge in [-0.05, 0) is 18.2 Å². The summed E-state index contributed by atoms with van der Waals surface area (Å²) in [5.41, 5.74) is 1.88. The van der Waals surface area contributed by atoms with E-state index in [2.05, 4.69) is 16.0 Å². The van der Waals surface area contributed by atoms with Crippen LogP contribution in [-0.2, 0) is 0 Å². The molecule has 0 spiro atoms. The quantitative estimate of drug-likeness (QED) is 0.427. The maximum Gasteiger partial charge on any atom is 0.311 e. The Bertz CT molecular complexity index is 1030. The van der Waals surface area contributed by atoms with Gasteiger partial charge in [-0.25, -0.2) is 4.98 Å². The highest BCUT2D eigenvalue weighted by molar-refractivity contribution is 5.91. The molecule has 1 heterocycles. The van der Waals surface area contributed by atoms with E-state index in [0.29, 0.717) is 17.1 Å². The van der Waals surface area contributed by atoms with E-state index < -0.39 is 4.92 Å². The minimum Gasteiger partial charge on any atom is -0.496 e. The van der Waals surface area contributed by atoms with Crippen molar-refractivity contribution in [3.8, 4) is 17.6 Å². The number of H-pyrrole nitrogens is 1. The average molecular weight is 350 g/mol. The maximum atomic E-state index is 11.3. The van der Waals surface area contributed by atoms with Crippen molar-refractivity contribution in [2.75, 3.05) is 14.2 Å². The van der Waals surface area contributed by atoms with Crippen LogP contribution in [-0.4, -0.2) is 29.1 Å².